The summed E-state index contributed by atoms with van der Waals surface area (Å²) in [6, 6.07) is 9.95. The highest BCUT2D eigenvalue weighted by molar-refractivity contribution is 6.77. The van der Waals surface area contributed by atoms with Crippen molar-refractivity contribution in [3.8, 4) is 0 Å². The Morgan fingerprint density at radius 2 is 2.00 bits per heavy atom. The quantitative estimate of drug-likeness (QED) is 0.697. The zero-order valence-electron chi connectivity index (χ0n) is 12.8. The van der Waals surface area contributed by atoms with Crippen molar-refractivity contribution in [2.24, 2.45) is 5.92 Å². The maximum Gasteiger partial charge on any atom is 0.185 e. The van der Waals surface area contributed by atoms with Gasteiger partial charge in [0.15, 0.2) is 6.71 Å². The first kappa shape index (κ1) is 13.2. The number of benzene rings is 1. The van der Waals surface area contributed by atoms with Gasteiger partial charge in [0.1, 0.15) is 0 Å². The molecule has 2 aliphatic rings. The normalized spacial score (nSPS) is 34.8. The SMILES string of the molecule is CC[C@H]1[C@@H](C)B2c3ccccc3C[C@@H](C)[C@H]2CN1C. The number of rotatable bonds is 1. The van der Waals surface area contributed by atoms with Crippen LogP contribution in [0.2, 0.25) is 11.6 Å². The van der Waals surface area contributed by atoms with Crippen LogP contribution in [0, 0.1) is 5.92 Å². The fourth-order valence-electron chi connectivity index (χ4n) is 4.89. The molecule has 1 aromatic carbocycles. The molecular weight excluding hydrogens is 229 g/mol. The molecule has 2 aliphatic heterocycles. The minimum Gasteiger partial charge on any atom is -0.304 e. The highest BCUT2D eigenvalue weighted by atomic mass is 15.1. The van der Waals surface area contributed by atoms with Crippen LogP contribution in [0.3, 0.4) is 0 Å². The van der Waals surface area contributed by atoms with E-state index in [1.807, 2.05) is 0 Å². The van der Waals surface area contributed by atoms with Crippen molar-refractivity contribution in [3.05, 3.63) is 29.8 Å². The Hall–Kier alpha value is -0.755. The lowest BCUT2D eigenvalue weighted by molar-refractivity contribution is 0.192. The van der Waals surface area contributed by atoms with Gasteiger partial charge in [0.2, 0.25) is 0 Å². The largest absolute Gasteiger partial charge is 0.304 e. The van der Waals surface area contributed by atoms with E-state index >= 15 is 0 Å². The number of hydrogen-bond acceptors (Lipinski definition) is 1. The molecule has 0 amide bonds. The van der Waals surface area contributed by atoms with Crippen LogP contribution in [0.25, 0.3) is 0 Å². The summed E-state index contributed by atoms with van der Waals surface area (Å²) >= 11 is 0. The smallest absolute Gasteiger partial charge is 0.185 e. The van der Waals surface area contributed by atoms with Crippen molar-refractivity contribution in [2.75, 3.05) is 13.6 Å². The summed E-state index contributed by atoms with van der Waals surface area (Å²) in [6.45, 7) is 9.34. The van der Waals surface area contributed by atoms with E-state index in [0.717, 1.165) is 30.3 Å². The topological polar surface area (TPSA) is 3.24 Å². The maximum absolute atomic E-state index is 2.62. The molecule has 0 radical (unpaired) electrons. The molecule has 0 aromatic heterocycles. The van der Waals surface area contributed by atoms with E-state index in [-0.39, 0.29) is 0 Å². The van der Waals surface area contributed by atoms with Gasteiger partial charge in [-0.15, -0.1) is 0 Å². The van der Waals surface area contributed by atoms with Gasteiger partial charge in [-0.3, -0.25) is 0 Å². The second kappa shape index (κ2) is 4.97. The van der Waals surface area contributed by atoms with Crippen LogP contribution in [0.1, 0.15) is 32.8 Å². The van der Waals surface area contributed by atoms with E-state index < -0.39 is 0 Å². The first-order valence-electron chi connectivity index (χ1n) is 7.91. The molecule has 1 fully saturated rings. The Morgan fingerprint density at radius 3 is 2.74 bits per heavy atom. The monoisotopic (exact) mass is 255 g/mol. The highest BCUT2D eigenvalue weighted by Gasteiger charge is 2.47. The maximum atomic E-state index is 2.62. The van der Waals surface area contributed by atoms with Crippen molar-refractivity contribution in [2.45, 2.75) is 51.3 Å². The Balaban J connectivity index is 2.03. The molecule has 102 valence electrons. The molecule has 19 heavy (non-hydrogen) atoms. The molecule has 4 atom stereocenters. The molecular formula is C17H26BN. The van der Waals surface area contributed by atoms with E-state index in [1.54, 1.807) is 11.0 Å². The summed E-state index contributed by atoms with van der Waals surface area (Å²) < 4.78 is 0. The van der Waals surface area contributed by atoms with E-state index in [1.165, 1.54) is 19.4 Å². The lowest BCUT2D eigenvalue weighted by Gasteiger charge is -2.50. The Labute approximate surface area is 118 Å². The highest BCUT2D eigenvalue weighted by Crippen LogP contribution is 2.42. The van der Waals surface area contributed by atoms with Crippen LogP contribution in [0.4, 0.5) is 0 Å². The molecule has 0 saturated carbocycles. The Bertz CT molecular complexity index is 458. The summed E-state index contributed by atoms with van der Waals surface area (Å²) in [4.78, 5) is 2.62. The predicted octanol–water partition coefficient (Wildman–Crippen LogP) is 3.06. The zero-order chi connectivity index (χ0) is 13.6. The third-order valence-corrected chi connectivity index (χ3v) is 5.80. The number of fused-ring (bicyclic) bond motifs is 3. The second-order valence-corrected chi connectivity index (χ2v) is 6.84. The molecule has 0 unspecified atom stereocenters. The van der Waals surface area contributed by atoms with Crippen molar-refractivity contribution < 1.29 is 0 Å². The van der Waals surface area contributed by atoms with Crippen LogP contribution in [0.5, 0.6) is 0 Å². The first-order valence-corrected chi connectivity index (χ1v) is 7.91. The third-order valence-electron chi connectivity index (χ3n) is 5.80. The average molecular weight is 255 g/mol. The molecule has 0 bridgehead atoms. The van der Waals surface area contributed by atoms with Gasteiger partial charge in [0, 0.05) is 6.04 Å². The van der Waals surface area contributed by atoms with Crippen LogP contribution >= 0.6 is 0 Å². The summed E-state index contributed by atoms with van der Waals surface area (Å²) in [5.41, 5.74) is 3.27. The van der Waals surface area contributed by atoms with Gasteiger partial charge in [-0.25, -0.2) is 0 Å². The molecule has 3 rings (SSSR count). The van der Waals surface area contributed by atoms with Gasteiger partial charge >= 0.3 is 0 Å². The molecule has 1 nitrogen and oxygen atoms in total. The fourth-order valence-corrected chi connectivity index (χ4v) is 4.89. The standard InChI is InChI=1S/C17H26BN/c1-5-17-13(3)18-15-9-7-6-8-14(15)10-12(2)16(18)11-19(17)4/h6-9,12-13,16-17H,5,10-11H2,1-4H3/t12-,13-,16-,17+/m1/s1. The van der Waals surface area contributed by atoms with Gasteiger partial charge in [0.05, 0.1) is 0 Å². The Kier molecular flexibility index (Phi) is 3.47. The molecule has 2 heterocycles. The third kappa shape index (κ3) is 2.05. The van der Waals surface area contributed by atoms with E-state index in [9.17, 15) is 0 Å². The van der Waals surface area contributed by atoms with E-state index in [0.29, 0.717) is 0 Å². The molecule has 1 aromatic rings. The molecule has 0 spiro atoms. The average Bonchev–Trinajstić information content (AvgIpc) is 2.39. The number of nitrogens with zero attached hydrogens (tertiary/aromatic N) is 1. The van der Waals surface area contributed by atoms with Crippen molar-refractivity contribution in [1.82, 2.24) is 4.90 Å². The van der Waals surface area contributed by atoms with Gasteiger partial charge < -0.3 is 4.90 Å². The van der Waals surface area contributed by atoms with Gasteiger partial charge in [0.25, 0.3) is 0 Å². The predicted molar refractivity (Wildman–Crippen MR) is 84.6 cm³/mol. The van der Waals surface area contributed by atoms with Gasteiger partial charge in [-0.2, -0.15) is 0 Å². The van der Waals surface area contributed by atoms with Crippen molar-refractivity contribution in [3.63, 3.8) is 0 Å². The van der Waals surface area contributed by atoms with E-state index in [2.05, 4.69) is 57.0 Å². The van der Waals surface area contributed by atoms with Crippen molar-refractivity contribution >= 4 is 12.2 Å². The summed E-state index contributed by atoms with van der Waals surface area (Å²) in [7, 11) is 2.33. The van der Waals surface area contributed by atoms with Crippen LogP contribution < -0.4 is 5.46 Å². The molecule has 0 N–H and O–H groups in total. The van der Waals surface area contributed by atoms with E-state index in [4.69, 9.17) is 0 Å². The lowest BCUT2D eigenvalue weighted by Crippen LogP contribution is -2.59. The van der Waals surface area contributed by atoms with Crippen LogP contribution in [-0.2, 0) is 6.42 Å². The fraction of sp³-hybridized carbons (Fsp3) is 0.647. The Morgan fingerprint density at radius 1 is 1.26 bits per heavy atom. The molecule has 1 saturated heterocycles. The minimum absolute atomic E-state index is 0.750. The minimum atomic E-state index is 0.750. The zero-order valence-corrected chi connectivity index (χ0v) is 12.8. The molecule has 0 aliphatic carbocycles. The van der Waals surface area contributed by atoms with Gasteiger partial charge in [-0.05, 0) is 44.0 Å². The summed E-state index contributed by atoms with van der Waals surface area (Å²) in [6.07, 6.45) is 2.55. The summed E-state index contributed by atoms with van der Waals surface area (Å²) in [5, 5.41) is 0. The lowest BCUT2D eigenvalue weighted by atomic mass is 9.24. The summed E-state index contributed by atoms with van der Waals surface area (Å²) in [5.74, 6) is 2.44. The second-order valence-electron chi connectivity index (χ2n) is 6.84. The number of hydrogen-bond donors (Lipinski definition) is 0. The first-order chi connectivity index (χ1) is 9.13. The van der Waals surface area contributed by atoms with Gasteiger partial charge in [-0.1, -0.05) is 56.1 Å². The van der Waals surface area contributed by atoms with Crippen LogP contribution in [-0.4, -0.2) is 31.2 Å². The van der Waals surface area contributed by atoms with Crippen molar-refractivity contribution in [1.29, 1.82) is 0 Å². The van der Waals surface area contributed by atoms with Crippen LogP contribution in [0.15, 0.2) is 24.3 Å². The molecule has 2 heteroatoms.